The Morgan fingerprint density at radius 3 is 3.19 bits per heavy atom. The second-order valence-electron chi connectivity index (χ2n) is 4.90. The van der Waals surface area contributed by atoms with Crippen LogP contribution in [-0.4, -0.2) is 43.4 Å². The van der Waals surface area contributed by atoms with E-state index in [-0.39, 0.29) is 17.0 Å². The molecule has 1 aromatic rings. The van der Waals surface area contributed by atoms with Crippen LogP contribution in [0.1, 0.15) is 11.5 Å². The Balaban J connectivity index is 1.60. The maximum Gasteiger partial charge on any atom is 0.353 e. The molecule has 4 heterocycles. The van der Waals surface area contributed by atoms with Gasteiger partial charge in [0.05, 0.1) is 17.9 Å². The van der Waals surface area contributed by atoms with Gasteiger partial charge in [-0.2, -0.15) is 0 Å². The summed E-state index contributed by atoms with van der Waals surface area (Å²) in [5, 5.41) is 10.3. The average molecular weight is 305 g/mol. The molecule has 1 aromatic heterocycles. The zero-order valence-corrected chi connectivity index (χ0v) is 11.7. The van der Waals surface area contributed by atoms with Crippen LogP contribution in [-0.2, 0) is 27.5 Å². The number of carboxylic acids is 1. The highest BCUT2D eigenvalue weighted by Gasteiger charge is 2.49. The van der Waals surface area contributed by atoms with E-state index in [1.54, 1.807) is 6.08 Å². The first-order chi connectivity index (χ1) is 10.1. The minimum atomic E-state index is -1.08. The lowest BCUT2D eigenvalue weighted by atomic mass is 10.0. The number of rotatable bonds is 2. The van der Waals surface area contributed by atoms with E-state index in [2.05, 4.69) is 4.98 Å². The first-order valence-electron chi connectivity index (χ1n) is 6.43. The molecule has 7 nitrogen and oxygen atoms in total. The Labute approximate surface area is 123 Å². The van der Waals surface area contributed by atoms with Crippen molar-refractivity contribution in [2.75, 3.05) is 6.61 Å². The number of hydrogen-bond acceptors (Lipinski definition) is 5. The monoisotopic (exact) mass is 305 g/mol. The molecule has 21 heavy (non-hydrogen) atoms. The van der Waals surface area contributed by atoms with E-state index in [0.29, 0.717) is 24.5 Å². The number of carbonyl (C=O) groups is 2. The fourth-order valence-corrected chi connectivity index (χ4v) is 3.73. The number of ether oxygens (including phenoxy) is 1. The van der Waals surface area contributed by atoms with Gasteiger partial charge in [-0.1, -0.05) is 0 Å². The highest BCUT2D eigenvalue weighted by Crippen LogP contribution is 2.44. The van der Waals surface area contributed by atoms with Crippen molar-refractivity contribution in [1.29, 1.82) is 0 Å². The number of imidazole rings is 1. The lowest BCUT2D eigenvalue weighted by Crippen LogP contribution is -2.51. The van der Waals surface area contributed by atoms with Crippen molar-refractivity contribution in [2.24, 2.45) is 0 Å². The standard InChI is InChI=1S/C13H11N3O4S/c17-11-8(12-16(11)9(6-21-12)13(18)19)3-7-4-15-1-2-20-5-10(15)14-7/h3-4,6,12H,1-2,5H2,(H,18,19)/b8-3+/t12-/m1/s1. The molecule has 1 atom stereocenters. The van der Waals surface area contributed by atoms with Crippen LogP contribution in [0.15, 0.2) is 22.9 Å². The van der Waals surface area contributed by atoms with Crippen molar-refractivity contribution in [1.82, 2.24) is 14.5 Å². The summed E-state index contributed by atoms with van der Waals surface area (Å²) in [4.78, 5) is 28.8. The van der Waals surface area contributed by atoms with E-state index < -0.39 is 5.97 Å². The molecule has 0 radical (unpaired) electrons. The molecule has 0 bridgehead atoms. The van der Waals surface area contributed by atoms with E-state index in [1.807, 2.05) is 10.8 Å². The van der Waals surface area contributed by atoms with Gasteiger partial charge in [0.15, 0.2) is 0 Å². The number of carboxylic acid groups (broad SMARTS) is 1. The van der Waals surface area contributed by atoms with Gasteiger partial charge >= 0.3 is 5.97 Å². The molecule has 1 fully saturated rings. The minimum absolute atomic E-state index is 0.0460. The SMILES string of the molecule is O=C(O)C1=CS[C@@H]2/C(=C/c3cn4c(n3)COCC4)C(=O)N12. The van der Waals surface area contributed by atoms with E-state index in [4.69, 9.17) is 9.84 Å². The molecule has 1 amide bonds. The summed E-state index contributed by atoms with van der Waals surface area (Å²) in [7, 11) is 0. The smallest absolute Gasteiger partial charge is 0.353 e. The highest BCUT2D eigenvalue weighted by atomic mass is 32.2. The highest BCUT2D eigenvalue weighted by molar-refractivity contribution is 8.03. The van der Waals surface area contributed by atoms with Crippen molar-refractivity contribution < 1.29 is 19.4 Å². The summed E-state index contributed by atoms with van der Waals surface area (Å²) in [6, 6.07) is 0. The van der Waals surface area contributed by atoms with Crippen LogP contribution in [0.4, 0.5) is 0 Å². The van der Waals surface area contributed by atoms with Crippen LogP contribution in [0.3, 0.4) is 0 Å². The summed E-state index contributed by atoms with van der Waals surface area (Å²) >= 11 is 1.33. The van der Waals surface area contributed by atoms with E-state index >= 15 is 0 Å². The molecule has 3 aliphatic heterocycles. The summed E-state index contributed by atoms with van der Waals surface area (Å²) in [6.07, 6.45) is 3.63. The van der Waals surface area contributed by atoms with Crippen LogP contribution < -0.4 is 0 Å². The third-order valence-corrected chi connectivity index (χ3v) is 4.72. The summed E-state index contributed by atoms with van der Waals surface area (Å²) in [6.45, 7) is 1.90. The average Bonchev–Trinajstić information content (AvgIpc) is 3.05. The van der Waals surface area contributed by atoms with Crippen molar-refractivity contribution >= 4 is 29.7 Å². The van der Waals surface area contributed by atoms with E-state index in [0.717, 1.165) is 12.4 Å². The molecular formula is C13H11N3O4S. The second kappa shape index (κ2) is 4.47. The Morgan fingerprint density at radius 2 is 2.43 bits per heavy atom. The van der Waals surface area contributed by atoms with Gasteiger partial charge < -0.3 is 14.4 Å². The van der Waals surface area contributed by atoms with Gasteiger partial charge in [-0.05, 0) is 6.08 Å². The number of fused-ring (bicyclic) bond motifs is 2. The number of β-lactam (4-membered cyclic amide) rings is 1. The third-order valence-electron chi connectivity index (χ3n) is 3.64. The van der Waals surface area contributed by atoms with Crippen molar-refractivity contribution in [3.8, 4) is 0 Å². The zero-order chi connectivity index (χ0) is 14.6. The normalized spacial score (nSPS) is 25.4. The topological polar surface area (TPSA) is 84.7 Å². The second-order valence-corrected chi connectivity index (χ2v) is 5.85. The van der Waals surface area contributed by atoms with Crippen LogP contribution in [0.5, 0.6) is 0 Å². The summed E-state index contributed by atoms with van der Waals surface area (Å²) in [5.41, 5.74) is 1.34. The Kier molecular flexibility index (Phi) is 2.69. The number of carbonyl (C=O) groups excluding carboxylic acids is 1. The number of thioether (sulfide) groups is 1. The molecule has 1 saturated heterocycles. The van der Waals surface area contributed by atoms with E-state index in [9.17, 15) is 9.59 Å². The molecule has 0 unspecified atom stereocenters. The molecule has 0 aliphatic carbocycles. The van der Waals surface area contributed by atoms with E-state index in [1.165, 1.54) is 22.1 Å². The molecule has 1 N–H and O–H groups in total. The van der Waals surface area contributed by atoms with Gasteiger partial charge in [-0.15, -0.1) is 11.8 Å². The number of aromatic nitrogens is 2. The molecule has 4 rings (SSSR count). The molecule has 0 aromatic carbocycles. The van der Waals surface area contributed by atoms with Gasteiger partial charge in [0.2, 0.25) is 0 Å². The van der Waals surface area contributed by atoms with Crippen LogP contribution in [0.25, 0.3) is 6.08 Å². The van der Waals surface area contributed by atoms with Crippen molar-refractivity contribution in [3.05, 3.63) is 34.4 Å². The lowest BCUT2D eigenvalue weighted by molar-refractivity contribution is -0.141. The first-order valence-corrected chi connectivity index (χ1v) is 7.37. The van der Waals surface area contributed by atoms with Crippen LogP contribution in [0.2, 0.25) is 0 Å². The fraction of sp³-hybridized carbons (Fsp3) is 0.308. The van der Waals surface area contributed by atoms with Gasteiger partial charge in [0.25, 0.3) is 5.91 Å². The maximum absolute atomic E-state index is 12.1. The Hall–Kier alpha value is -2.06. The van der Waals surface area contributed by atoms with Gasteiger partial charge in [0, 0.05) is 18.1 Å². The largest absolute Gasteiger partial charge is 0.477 e. The molecular weight excluding hydrogens is 294 g/mol. The third kappa shape index (κ3) is 1.83. The minimum Gasteiger partial charge on any atom is -0.477 e. The molecule has 108 valence electrons. The maximum atomic E-state index is 12.1. The Bertz CT molecular complexity index is 697. The van der Waals surface area contributed by atoms with Crippen LogP contribution in [0, 0.1) is 0 Å². The number of nitrogens with zero attached hydrogens (tertiary/aromatic N) is 3. The predicted octanol–water partition coefficient (Wildman–Crippen LogP) is 0.638. The van der Waals surface area contributed by atoms with Gasteiger partial charge in [-0.3, -0.25) is 9.69 Å². The molecule has 3 aliphatic rings. The summed E-state index contributed by atoms with van der Waals surface area (Å²) in [5.74, 6) is -0.493. The molecule has 0 saturated carbocycles. The molecule has 0 spiro atoms. The van der Waals surface area contributed by atoms with Crippen molar-refractivity contribution in [2.45, 2.75) is 18.5 Å². The zero-order valence-electron chi connectivity index (χ0n) is 10.9. The number of hydrogen-bond donors (Lipinski definition) is 1. The number of amides is 1. The van der Waals surface area contributed by atoms with Gasteiger partial charge in [0.1, 0.15) is 23.5 Å². The first kappa shape index (κ1) is 12.7. The predicted molar refractivity (Wildman–Crippen MR) is 73.8 cm³/mol. The molecule has 8 heteroatoms. The van der Waals surface area contributed by atoms with Gasteiger partial charge in [-0.25, -0.2) is 9.78 Å². The van der Waals surface area contributed by atoms with Crippen molar-refractivity contribution in [3.63, 3.8) is 0 Å². The van der Waals surface area contributed by atoms with Crippen LogP contribution >= 0.6 is 11.8 Å². The lowest BCUT2D eigenvalue weighted by Gasteiger charge is -2.36. The number of aliphatic carboxylic acids is 1. The quantitative estimate of drug-likeness (QED) is 0.637. The Morgan fingerprint density at radius 1 is 1.57 bits per heavy atom. The fourth-order valence-electron chi connectivity index (χ4n) is 2.61. The summed E-state index contributed by atoms with van der Waals surface area (Å²) < 4.78 is 7.34.